The highest BCUT2D eigenvalue weighted by atomic mass is 79.9. The van der Waals surface area contributed by atoms with Crippen LogP contribution in [0.2, 0.25) is 0 Å². The maximum atomic E-state index is 4.32. The number of nitrogens with zero attached hydrogens (tertiary/aromatic N) is 4. The minimum atomic E-state index is -0.00643. The van der Waals surface area contributed by atoms with Crippen molar-refractivity contribution in [3.63, 3.8) is 0 Å². The number of aryl methyl sites for hydroxylation is 1. The predicted octanol–water partition coefficient (Wildman–Crippen LogP) is 2.49. The zero-order chi connectivity index (χ0) is 11.2. The second-order valence-corrected chi connectivity index (χ2v) is 5.40. The van der Waals surface area contributed by atoms with Crippen LogP contribution < -0.4 is 0 Å². The van der Waals surface area contributed by atoms with Crippen molar-refractivity contribution >= 4 is 21.6 Å². The molecule has 0 aliphatic carbocycles. The lowest BCUT2D eigenvalue weighted by molar-refractivity contribution is 0.551. The molecular formula is C10H13BrN4. The molecule has 0 aromatic carbocycles. The van der Waals surface area contributed by atoms with Gasteiger partial charge in [-0.05, 0) is 22.9 Å². The van der Waals surface area contributed by atoms with Crippen molar-refractivity contribution in [2.24, 2.45) is 0 Å². The highest BCUT2D eigenvalue weighted by Crippen LogP contribution is 2.22. The number of hydrogen-bond donors (Lipinski definition) is 0. The summed E-state index contributed by atoms with van der Waals surface area (Å²) in [5, 5.41) is 12.7. The molecule has 0 atom stereocenters. The Kier molecular flexibility index (Phi) is 2.30. The third-order valence-electron chi connectivity index (χ3n) is 2.32. The van der Waals surface area contributed by atoms with E-state index in [1.54, 1.807) is 4.52 Å². The maximum absolute atomic E-state index is 4.32. The Hall–Kier alpha value is -0.970. The van der Waals surface area contributed by atoms with Gasteiger partial charge in [0, 0.05) is 11.0 Å². The topological polar surface area (TPSA) is 43.1 Å². The van der Waals surface area contributed by atoms with Crippen LogP contribution in [0.4, 0.5) is 0 Å². The number of rotatable bonds is 0. The molecule has 5 heteroatoms. The third-order valence-corrected chi connectivity index (χ3v) is 3.08. The molecule has 2 heterocycles. The van der Waals surface area contributed by atoms with Crippen LogP contribution in [0, 0.1) is 6.92 Å². The molecule has 0 fully saturated rings. The van der Waals surface area contributed by atoms with E-state index < -0.39 is 0 Å². The van der Waals surface area contributed by atoms with Crippen LogP contribution >= 0.6 is 15.9 Å². The molecule has 0 bridgehead atoms. The first-order chi connectivity index (χ1) is 6.89. The van der Waals surface area contributed by atoms with Gasteiger partial charge in [-0.1, -0.05) is 20.8 Å². The summed E-state index contributed by atoms with van der Waals surface area (Å²) in [6.45, 7) is 8.29. The number of hydrogen-bond acceptors (Lipinski definition) is 3. The first kappa shape index (κ1) is 10.5. The Labute approximate surface area is 96.8 Å². The fourth-order valence-corrected chi connectivity index (χ4v) is 1.63. The largest absolute Gasteiger partial charge is 0.218 e. The van der Waals surface area contributed by atoms with E-state index in [2.05, 4.69) is 52.0 Å². The van der Waals surface area contributed by atoms with Gasteiger partial charge in [0.25, 0.3) is 0 Å². The zero-order valence-corrected chi connectivity index (χ0v) is 10.8. The predicted molar refractivity (Wildman–Crippen MR) is 61.9 cm³/mol. The van der Waals surface area contributed by atoms with Crippen LogP contribution in [0.15, 0.2) is 10.8 Å². The summed E-state index contributed by atoms with van der Waals surface area (Å²) >= 11 is 3.38. The second-order valence-electron chi connectivity index (χ2n) is 4.65. The van der Waals surface area contributed by atoms with Crippen LogP contribution in [0.1, 0.15) is 32.0 Å². The maximum Gasteiger partial charge on any atom is 0.181 e. The molecule has 0 unspecified atom stereocenters. The Morgan fingerprint density at radius 2 is 1.93 bits per heavy atom. The van der Waals surface area contributed by atoms with Gasteiger partial charge in [0.05, 0.1) is 11.9 Å². The van der Waals surface area contributed by atoms with Gasteiger partial charge in [-0.3, -0.25) is 0 Å². The average Bonchev–Trinajstić information content (AvgIpc) is 2.41. The summed E-state index contributed by atoms with van der Waals surface area (Å²) in [5.41, 5.74) is 2.75. The van der Waals surface area contributed by atoms with Crippen molar-refractivity contribution < 1.29 is 0 Å². The molecule has 0 saturated carbocycles. The Balaban J connectivity index is 2.67. The van der Waals surface area contributed by atoms with Gasteiger partial charge >= 0.3 is 0 Å². The molecule has 4 nitrogen and oxygen atoms in total. The normalized spacial score (nSPS) is 12.3. The van der Waals surface area contributed by atoms with Crippen molar-refractivity contribution in [3.05, 3.63) is 22.1 Å². The molecule has 2 aromatic rings. The zero-order valence-electron chi connectivity index (χ0n) is 9.24. The number of aromatic nitrogens is 4. The standard InChI is InChI=1S/C10H13BrN4/c1-6-8(11)14-15-5-7(10(2,3)4)12-13-9(6)15/h5H,1-4H3. The quantitative estimate of drug-likeness (QED) is 0.738. The van der Waals surface area contributed by atoms with Crippen molar-refractivity contribution in [2.75, 3.05) is 0 Å². The molecular weight excluding hydrogens is 256 g/mol. The number of fused-ring (bicyclic) bond motifs is 1. The molecule has 0 aliphatic heterocycles. The van der Waals surface area contributed by atoms with Crippen molar-refractivity contribution in [3.8, 4) is 0 Å². The van der Waals surface area contributed by atoms with Gasteiger partial charge < -0.3 is 0 Å². The Morgan fingerprint density at radius 3 is 2.53 bits per heavy atom. The van der Waals surface area contributed by atoms with Crippen LogP contribution in [0.5, 0.6) is 0 Å². The van der Waals surface area contributed by atoms with Crippen LogP contribution in [-0.4, -0.2) is 19.8 Å². The summed E-state index contributed by atoms with van der Waals surface area (Å²) < 4.78 is 2.59. The molecule has 0 spiro atoms. The average molecular weight is 269 g/mol. The van der Waals surface area contributed by atoms with Crippen molar-refractivity contribution in [2.45, 2.75) is 33.1 Å². The smallest absolute Gasteiger partial charge is 0.181 e. The summed E-state index contributed by atoms with van der Waals surface area (Å²) in [4.78, 5) is 0. The fourth-order valence-electron chi connectivity index (χ4n) is 1.28. The third kappa shape index (κ3) is 1.76. The Bertz CT molecular complexity index is 510. The van der Waals surface area contributed by atoms with Gasteiger partial charge in [-0.15, -0.1) is 5.10 Å². The summed E-state index contributed by atoms with van der Waals surface area (Å²) in [7, 11) is 0. The van der Waals surface area contributed by atoms with E-state index in [-0.39, 0.29) is 5.41 Å². The van der Waals surface area contributed by atoms with Gasteiger partial charge in [0.1, 0.15) is 4.60 Å². The molecule has 0 amide bonds. The minimum Gasteiger partial charge on any atom is -0.218 e. The number of halogens is 1. The highest BCUT2D eigenvalue weighted by Gasteiger charge is 2.18. The van der Waals surface area contributed by atoms with E-state index in [0.717, 1.165) is 21.5 Å². The van der Waals surface area contributed by atoms with Crippen molar-refractivity contribution in [1.82, 2.24) is 19.8 Å². The fraction of sp³-hybridized carbons (Fsp3) is 0.500. The SMILES string of the molecule is Cc1c(Br)nn2cc(C(C)(C)C)nnc12. The van der Waals surface area contributed by atoms with Crippen LogP contribution in [0.25, 0.3) is 5.65 Å². The molecule has 2 rings (SSSR count). The molecule has 0 N–H and O–H groups in total. The lowest BCUT2D eigenvalue weighted by Crippen LogP contribution is -2.15. The molecule has 15 heavy (non-hydrogen) atoms. The first-order valence-electron chi connectivity index (χ1n) is 4.78. The monoisotopic (exact) mass is 268 g/mol. The molecule has 2 aromatic heterocycles. The Morgan fingerprint density at radius 1 is 1.27 bits per heavy atom. The van der Waals surface area contributed by atoms with E-state index in [9.17, 15) is 0 Å². The van der Waals surface area contributed by atoms with E-state index >= 15 is 0 Å². The second kappa shape index (κ2) is 3.27. The van der Waals surface area contributed by atoms with Gasteiger partial charge in [0.15, 0.2) is 5.65 Å². The van der Waals surface area contributed by atoms with Crippen LogP contribution in [0.3, 0.4) is 0 Å². The van der Waals surface area contributed by atoms with Gasteiger partial charge in [0.2, 0.25) is 0 Å². The van der Waals surface area contributed by atoms with E-state index in [4.69, 9.17) is 0 Å². The molecule has 0 radical (unpaired) electrons. The summed E-state index contributed by atoms with van der Waals surface area (Å²) in [6.07, 6.45) is 1.93. The van der Waals surface area contributed by atoms with Gasteiger partial charge in [-0.2, -0.15) is 10.2 Å². The van der Waals surface area contributed by atoms with Crippen molar-refractivity contribution in [1.29, 1.82) is 0 Å². The van der Waals surface area contributed by atoms with E-state index in [1.807, 2.05) is 13.1 Å². The van der Waals surface area contributed by atoms with Crippen LogP contribution in [-0.2, 0) is 5.41 Å². The molecule has 0 saturated heterocycles. The van der Waals surface area contributed by atoms with E-state index in [1.165, 1.54) is 0 Å². The lowest BCUT2D eigenvalue weighted by Gasteiger charge is -2.15. The first-order valence-corrected chi connectivity index (χ1v) is 5.57. The van der Waals surface area contributed by atoms with E-state index in [0.29, 0.717) is 0 Å². The van der Waals surface area contributed by atoms with Gasteiger partial charge in [-0.25, -0.2) is 4.52 Å². The molecule has 80 valence electrons. The lowest BCUT2D eigenvalue weighted by atomic mass is 9.93. The summed E-state index contributed by atoms with van der Waals surface area (Å²) in [5.74, 6) is 0. The highest BCUT2D eigenvalue weighted by molar-refractivity contribution is 9.10. The summed E-state index contributed by atoms with van der Waals surface area (Å²) in [6, 6.07) is 0. The minimum absolute atomic E-state index is 0.00643. The molecule has 0 aliphatic rings.